The molecule has 5 rings (SSSR count). The number of imidazole rings is 1. The first-order valence-electron chi connectivity index (χ1n) is 11.2. The Balaban J connectivity index is 1.54. The van der Waals surface area contributed by atoms with Gasteiger partial charge in [0.15, 0.2) is 17.0 Å². The van der Waals surface area contributed by atoms with Gasteiger partial charge in [0.2, 0.25) is 5.95 Å². The average molecular weight is 497 g/mol. The second kappa shape index (κ2) is 9.82. The first-order chi connectivity index (χ1) is 17.4. The van der Waals surface area contributed by atoms with Crippen LogP contribution in [-0.2, 0) is 4.74 Å². The third-order valence-electron chi connectivity index (χ3n) is 5.43. The standard InChI is InChI=1S/C24H22F3N7O2/c1-16-4-2-5-17(12-16)14-29-32-21-20-22(31-23(30-21)33-8-10-35-11-9-33)34(15-28-20)18-6-3-7-19(13-18)36-24(25,26)27/h2-7,12-15H,8-11H2,1H3,(H,30,31,32)/b29-14+. The van der Waals surface area contributed by atoms with Crippen LogP contribution in [0.25, 0.3) is 16.9 Å². The number of hydrogen-bond acceptors (Lipinski definition) is 8. The molecule has 0 saturated carbocycles. The molecular formula is C24H22F3N7O2. The number of rotatable bonds is 6. The van der Waals surface area contributed by atoms with Crippen molar-refractivity contribution in [1.29, 1.82) is 0 Å². The fourth-order valence-corrected chi connectivity index (χ4v) is 3.81. The lowest BCUT2D eigenvalue weighted by Crippen LogP contribution is -2.37. The molecule has 0 atom stereocenters. The molecule has 3 heterocycles. The smallest absolute Gasteiger partial charge is 0.406 e. The number of alkyl halides is 3. The van der Waals surface area contributed by atoms with Crippen molar-refractivity contribution in [2.24, 2.45) is 5.10 Å². The minimum absolute atomic E-state index is 0.342. The number of nitrogens with one attached hydrogen (secondary N) is 1. The summed E-state index contributed by atoms with van der Waals surface area (Å²) in [7, 11) is 0. The van der Waals surface area contributed by atoms with Crippen LogP contribution in [0.15, 0.2) is 60.0 Å². The monoisotopic (exact) mass is 497 g/mol. The van der Waals surface area contributed by atoms with Crippen molar-refractivity contribution in [1.82, 2.24) is 19.5 Å². The van der Waals surface area contributed by atoms with E-state index in [1.54, 1.807) is 16.8 Å². The number of nitrogens with zero attached hydrogens (tertiary/aromatic N) is 6. The van der Waals surface area contributed by atoms with E-state index in [0.717, 1.165) is 11.1 Å². The van der Waals surface area contributed by atoms with E-state index in [9.17, 15) is 13.2 Å². The second-order valence-corrected chi connectivity index (χ2v) is 8.09. The number of ether oxygens (including phenoxy) is 2. The third-order valence-corrected chi connectivity index (χ3v) is 5.43. The summed E-state index contributed by atoms with van der Waals surface area (Å²) >= 11 is 0. The minimum atomic E-state index is -4.80. The molecule has 1 aliphatic heterocycles. The number of morpholine rings is 1. The Hall–Kier alpha value is -4.19. The summed E-state index contributed by atoms with van der Waals surface area (Å²) < 4.78 is 49.3. The van der Waals surface area contributed by atoms with Crippen LogP contribution in [0.3, 0.4) is 0 Å². The van der Waals surface area contributed by atoms with E-state index in [4.69, 9.17) is 4.74 Å². The van der Waals surface area contributed by atoms with Crippen molar-refractivity contribution in [2.45, 2.75) is 13.3 Å². The largest absolute Gasteiger partial charge is 0.573 e. The van der Waals surface area contributed by atoms with Crippen LogP contribution in [0.5, 0.6) is 5.75 Å². The molecule has 36 heavy (non-hydrogen) atoms. The number of anilines is 2. The Labute approximate surface area is 204 Å². The van der Waals surface area contributed by atoms with Gasteiger partial charge in [-0.3, -0.25) is 9.99 Å². The summed E-state index contributed by atoms with van der Waals surface area (Å²) in [5.41, 5.74) is 6.19. The predicted octanol–water partition coefficient (Wildman–Crippen LogP) is 4.31. The molecule has 0 spiro atoms. The Morgan fingerprint density at radius 2 is 1.89 bits per heavy atom. The van der Waals surface area contributed by atoms with Crippen LogP contribution in [-0.4, -0.2) is 58.4 Å². The van der Waals surface area contributed by atoms with E-state index < -0.39 is 6.36 Å². The normalized spacial score (nSPS) is 14.5. The number of halogens is 3. The molecule has 2 aromatic heterocycles. The van der Waals surface area contributed by atoms with Gasteiger partial charge in [-0.05, 0) is 24.6 Å². The molecule has 1 aliphatic rings. The first-order valence-corrected chi connectivity index (χ1v) is 11.2. The summed E-state index contributed by atoms with van der Waals surface area (Å²) in [6.45, 7) is 4.26. The van der Waals surface area contributed by atoms with Crippen LogP contribution < -0.4 is 15.1 Å². The van der Waals surface area contributed by atoms with E-state index in [1.807, 2.05) is 36.1 Å². The summed E-state index contributed by atoms with van der Waals surface area (Å²) in [5.74, 6) is 0.459. The lowest BCUT2D eigenvalue weighted by atomic mass is 10.2. The van der Waals surface area contributed by atoms with Crippen molar-refractivity contribution >= 4 is 29.1 Å². The van der Waals surface area contributed by atoms with Gasteiger partial charge in [0, 0.05) is 19.2 Å². The highest BCUT2D eigenvalue weighted by Crippen LogP contribution is 2.28. The molecule has 0 radical (unpaired) electrons. The number of benzene rings is 2. The Morgan fingerprint density at radius 1 is 1.08 bits per heavy atom. The van der Waals surface area contributed by atoms with Gasteiger partial charge >= 0.3 is 6.36 Å². The molecule has 1 saturated heterocycles. The second-order valence-electron chi connectivity index (χ2n) is 8.09. The van der Waals surface area contributed by atoms with Gasteiger partial charge in [-0.15, -0.1) is 13.2 Å². The zero-order valence-corrected chi connectivity index (χ0v) is 19.2. The first kappa shape index (κ1) is 23.5. The molecule has 4 aromatic rings. The van der Waals surface area contributed by atoms with E-state index in [1.165, 1.54) is 24.5 Å². The molecule has 186 valence electrons. The Bertz CT molecular complexity index is 1400. The van der Waals surface area contributed by atoms with Crippen LogP contribution >= 0.6 is 0 Å². The van der Waals surface area contributed by atoms with E-state index in [-0.39, 0.29) is 5.75 Å². The fraction of sp³-hybridized carbons (Fsp3) is 0.250. The molecular weight excluding hydrogens is 475 g/mol. The third kappa shape index (κ3) is 5.38. The summed E-state index contributed by atoms with van der Waals surface area (Å²) in [5, 5.41) is 4.32. The highest BCUT2D eigenvalue weighted by atomic mass is 19.4. The number of hydrogen-bond donors (Lipinski definition) is 1. The van der Waals surface area contributed by atoms with Crippen molar-refractivity contribution in [3.05, 3.63) is 66.0 Å². The van der Waals surface area contributed by atoms with Crippen LogP contribution in [0.1, 0.15) is 11.1 Å². The highest BCUT2D eigenvalue weighted by Gasteiger charge is 2.31. The number of aromatic nitrogens is 4. The maximum atomic E-state index is 12.7. The van der Waals surface area contributed by atoms with Crippen molar-refractivity contribution in [3.63, 3.8) is 0 Å². The molecule has 9 nitrogen and oxygen atoms in total. The maximum absolute atomic E-state index is 12.7. The zero-order valence-electron chi connectivity index (χ0n) is 19.2. The Kier molecular flexibility index (Phi) is 6.42. The SMILES string of the molecule is Cc1cccc(/C=N/Nc2nc(N3CCOCC3)nc3c2ncn3-c2cccc(OC(F)(F)F)c2)c1. The van der Waals surface area contributed by atoms with Gasteiger partial charge in [0.05, 0.1) is 25.1 Å². The lowest BCUT2D eigenvalue weighted by molar-refractivity contribution is -0.274. The van der Waals surface area contributed by atoms with Crippen molar-refractivity contribution < 1.29 is 22.6 Å². The molecule has 1 fully saturated rings. The van der Waals surface area contributed by atoms with Gasteiger partial charge < -0.3 is 14.4 Å². The van der Waals surface area contributed by atoms with Crippen LogP contribution in [0, 0.1) is 6.92 Å². The van der Waals surface area contributed by atoms with Crippen LogP contribution in [0.4, 0.5) is 24.9 Å². The van der Waals surface area contributed by atoms with Crippen LogP contribution in [0.2, 0.25) is 0 Å². The molecule has 12 heteroatoms. The molecule has 0 bridgehead atoms. The quantitative estimate of drug-likeness (QED) is 0.314. The summed E-state index contributed by atoms with van der Waals surface area (Å²) in [4.78, 5) is 15.7. The number of fused-ring (bicyclic) bond motifs is 1. The predicted molar refractivity (Wildman–Crippen MR) is 129 cm³/mol. The van der Waals surface area contributed by atoms with Gasteiger partial charge in [-0.25, -0.2) is 4.98 Å². The van der Waals surface area contributed by atoms with Crippen molar-refractivity contribution in [2.75, 3.05) is 36.6 Å². The molecule has 0 amide bonds. The lowest BCUT2D eigenvalue weighted by Gasteiger charge is -2.27. The van der Waals surface area contributed by atoms with Crippen molar-refractivity contribution in [3.8, 4) is 11.4 Å². The zero-order chi connectivity index (χ0) is 25.1. The average Bonchev–Trinajstić information content (AvgIpc) is 3.28. The molecule has 0 aliphatic carbocycles. The number of hydrazone groups is 1. The van der Waals surface area contributed by atoms with Gasteiger partial charge in [-0.1, -0.05) is 35.9 Å². The topological polar surface area (TPSA) is 89.7 Å². The molecule has 2 aromatic carbocycles. The van der Waals surface area contributed by atoms with E-state index in [0.29, 0.717) is 54.9 Å². The van der Waals surface area contributed by atoms with E-state index >= 15 is 0 Å². The van der Waals surface area contributed by atoms with E-state index in [2.05, 4.69) is 30.2 Å². The minimum Gasteiger partial charge on any atom is -0.406 e. The highest BCUT2D eigenvalue weighted by molar-refractivity contribution is 5.87. The van der Waals surface area contributed by atoms with Gasteiger partial charge in [0.1, 0.15) is 12.1 Å². The maximum Gasteiger partial charge on any atom is 0.573 e. The summed E-state index contributed by atoms with van der Waals surface area (Å²) in [6.07, 6.45) is -1.65. The van der Waals surface area contributed by atoms with Gasteiger partial charge in [-0.2, -0.15) is 15.1 Å². The Morgan fingerprint density at radius 3 is 2.67 bits per heavy atom. The fourth-order valence-electron chi connectivity index (χ4n) is 3.81. The van der Waals surface area contributed by atoms with Gasteiger partial charge in [0.25, 0.3) is 0 Å². The number of aryl methyl sites for hydroxylation is 1. The molecule has 1 N–H and O–H groups in total. The molecule has 0 unspecified atom stereocenters. The summed E-state index contributed by atoms with van der Waals surface area (Å²) in [6, 6.07) is 13.5.